The summed E-state index contributed by atoms with van der Waals surface area (Å²) in [6.07, 6.45) is 7.23. The van der Waals surface area contributed by atoms with E-state index in [9.17, 15) is 4.79 Å². The van der Waals surface area contributed by atoms with Crippen molar-refractivity contribution in [1.82, 2.24) is 20.1 Å². The lowest BCUT2D eigenvalue weighted by atomic mass is 10.1. The van der Waals surface area contributed by atoms with Gasteiger partial charge in [0.2, 0.25) is 0 Å². The summed E-state index contributed by atoms with van der Waals surface area (Å²) >= 11 is 0. The molecule has 0 aliphatic carbocycles. The van der Waals surface area contributed by atoms with Crippen LogP contribution in [0.3, 0.4) is 0 Å². The van der Waals surface area contributed by atoms with Crippen molar-refractivity contribution in [3.63, 3.8) is 0 Å². The lowest BCUT2D eigenvalue weighted by Gasteiger charge is -2.12. The fourth-order valence-corrected chi connectivity index (χ4v) is 2.79. The number of benzene rings is 1. The third-order valence-electron chi connectivity index (χ3n) is 4.09. The fraction of sp³-hybridized carbons (Fsp3) is 0.286. The molecule has 1 aromatic carbocycles. The number of rotatable bonds is 8. The number of carbonyl (C=O) groups excluding carboxylic acids is 1. The van der Waals surface area contributed by atoms with Gasteiger partial charge in [-0.2, -0.15) is 5.10 Å². The number of carbonyl (C=O) groups is 1. The van der Waals surface area contributed by atoms with E-state index in [-0.39, 0.29) is 5.91 Å². The van der Waals surface area contributed by atoms with E-state index in [4.69, 9.17) is 9.47 Å². The predicted octanol–water partition coefficient (Wildman–Crippen LogP) is 3.21. The van der Waals surface area contributed by atoms with Gasteiger partial charge >= 0.3 is 0 Å². The Morgan fingerprint density at radius 2 is 1.82 bits per heavy atom. The van der Waals surface area contributed by atoms with Gasteiger partial charge in [0.1, 0.15) is 0 Å². The van der Waals surface area contributed by atoms with Crippen LogP contribution >= 0.6 is 0 Å². The van der Waals surface area contributed by atoms with Gasteiger partial charge in [-0.25, -0.2) is 0 Å². The topological polar surface area (TPSA) is 78.3 Å². The van der Waals surface area contributed by atoms with E-state index in [0.29, 0.717) is 36.8 Å². The maximum Gasteiger partial charge on any atom is 0.251 e. The van der Waals surface area contributed by atoms with Crippen molar-refractivity contribution < 1.29 is 14.3 Å². The van der Waals surface area contributed by atoms with Crippen LogP contribution in [0.25, 0.3) is 11.1 Å². The number of ether oxygens (including phenoxy) is 2. The third-order valence-corrected chi connectivity index (χ3v) is 4.09. The highest BCUT2D eigenvalue weighted by atomic mass is 16.5. The highest BCUT2D eigenvalue weighted by Crippen LogP contribution is 2.28. The van der Waals surface area contributed by atoms with Gasteiger partial charge in [-0.05, 0) is 43.7 Å². The summed E-state index contributed by atoms with van der Waals surface area (Å²) in [4.78, 5) is 16.8. The van der Waals surface area contributed by atoms with Crippen LogP contribution in [-0.2, 0) is 13.6 Å². The number of pyridine rings is 1. The molecule has 7 heteroatoms. The van der Waals surface area contributed by atoms with Crippen LogP contribution in [0.5, 0.6) is 11.5 Å². The Morgan fingerprint density at radius 3 is 2.54 bits per heavy atom. The summed E-state index contributed by atoms with van der Waals surface area (Å²) in [7, 11) is 1.87. The van der Waals surface area contributed by atoms with Gasteiger partial charge in [0.25, 0.3) is 5.91 Å². The molecule has 1 N–H and O–H groups in total. The van der Waals surface area contributed by atoms with Crippen molar-refractivity contribution in [2.45, 2.75) is 20.4 Å². The first-order valence-corrected chi connectivity index (χ1v) is 9.21. The smallest absolute Gasteiger partial charge is 0.251 e. The van der Waals surface area contributed by atoms with Crippen LogP contribution in [-0.4, -0.2) is 33.9 Å². The molecule has 0 aliphatic heterocycles. The Morgan fingerprint density at radius 1 is 1.04 bits per heavy atom. The fourth-order valence-electron chi connectivity index (χ4n) is 2.79. The number of nitrogens with one attached hydrogen (secondary N) is 1. The van der Waals surface area contributed by atoms with E-state index in [1.54, 1.807) is 41.5 Å². The van der Waals surface area contributed by atoms with Crippen molar-refractivity contribution >= 4 is 5.91 Å². The second kappa shape index (κ2) is 9.03. The van der Waals surface area contributed by atoms with Crippen LogP contribution < -0.4 is 14.8 Å². The zero-order valence-corrected chi connectivity index (χ0v) is 16.3. The molecule has 0 fully saturated rings. The molecular formula is C21H24N4O3. The molecule has 0 saturated carbocycles. The van der Waals surface area contributed by atoms with E-state index < -0.39 is 0 Å². The Hall–Kier alpha value is -3.35. The molecule has 0 unspecified atom stereocenters. The van der Waals surface area contributed by atoms with Crippen molar-refractivity contribution in [3.8, 4) is 22.6 Å². The van der Waals surface area contributed by atoms with E-state index in [1.807, 2.05) is 33.2 Å². The molecule has 0 saturated heterocycles. The van der Waals surface area contributed by atoms with Crippen LogP contribution in [0.1, 0.15) is 29.8 Å². The number of hydrogen-bond acceptors (Lipinski definition) is 5. The first-order chi connectivity index (χ1) is 13.6. The number of aromatic nitrogens is 3. The van der Waals surface area contributed by atoms with Crippen molar-refractivity contribution in [2.24, 2.45) is 7.05 Å². The van der Waals surface area contributed by atoms with Gasteiger partial charge < -0.3 is 14.8 Å². The van der Waals surface area contributed by atoms with Gasteiger partial charge in [-0.3, -0.25) is 14.5 Å². The summed E-state index contributed by atoms with van der Waals surface area (Å²) in [5.74, 6) is 1.02. The van der Waals surface area contributed by atoms with Crippen LogP contribution in [0.2, 0.25) is 0 Å². The van der Waals surface area contributed by atoms with Gasteiger partial charge in [0.15, 0.2) is 11.5 Å². The molecular weight excluding hydrogens is 356 g/mol. The molecule has 1 amide bonds. The maximum atomic E-state index is 12.6. The molecule has 7 nitrogen and oxygen atoms in total. The average Bonchev–Trinajstić information content (AvgIpc) is 3.14. The monoisotopic (exact) mass is 380 g/mol. The molecule has 28 heavy (non-hydrogen) atoms. The molecule has 0 radical (unpaired) electrons. The van der Waals surface area contributed by atoms with Gasteiger partial charge in [0.05, 0.1) is 19.4 Å². The lowest BCUT2D eigenvalue weighted by Crippen LogP contribution is -2.23. The zero-order valence-electron chi connectivity index (χ0n) is 16.3. The van der Waals surface area contributed by atoms with E-state index in [2.05, 4.69) is 15.4 Å². The zero-order chi connectivity index (χ0) is 19.9. The molecule has 3 rings (SSSR count). The second-order valence-corrected chi connectivity index (χ2v) is 6.19. The van der Waals surface area contributed by atoms with Crippen molar-refractivity contribution in [1.29, 1.82) is 0 Å². The first kappa shape index (κ1) is 19.4. The molecule has 0 aliphatic rings. The first-order valence-electron chi connectivity index (χ1n) is 9.21. The second-order valence-electron chi connectivity index (χ2n) is 6.19. The SMILES string of the molecule is CCOc1ccc(C(=O)NCc2cncc(-c3cnn(C)c3)c2)cc1OCC. The molecule has 0 spiro atoms. The minimum Gasteiger partial charge on any atom is -0.490 e. The highest BCUT2D eigenvalue weighted by molar-refractivity contribution is 5.94. The molecule has 0 bridgehead atoms. The summed E-state index contributed by atoms with van der Waals surface area (Å²) < 4.78 is 12.9. The quantitative estimate of drug-likeness (QED) is 0.649. The molecule has 0 atom stereocenters. The third kappa shape index (κ3) is 4.68. The largest absolute Gasteiger partial charge is 0.490 e. The van der Waals surface area contributed by atoms with Crippen molar-refractivity contribution in [3.05, 3.63) is 60.2 Å². The maximum absolute atomic E-state index is 12.6. The van der Waals surface area contributed by atoms with Crippen LogP contribution in [0, 0.1) is 0 Å². The normalized spacial score (nSPS) is 10.5. The summed E-state index contributed by atoms with van der Waals surface area (Å²) in [6.45, 7) is 5.20. The average molecular weight is 380 g/mol. The van der Waals surface area contributed by atoms with Crippen LogP contribution in [0.15, 0.2) is 49.1 Å². The summed E-state index contributed by atoms with van der Waals surface area (Å²) in [5, 5.41) is 7.10. The lowest BCUT2D eigenvalue weighted by molar-refractivity contribution is 0.0950. The minimum atomic E-state index is -0.184. The minimum absolute atomic E-state index is 0.184. The number of nitrogens with zero attached hydrogens (tertiary/aromatic N) is 3. The van der Waals surface area contributed by atoms with Gasteiger partial charge in [-0.1, -0.05) is 0 Å². The predicted molar refractivity (Wildman–Crippen MR) is 106 cm³/mol. The summed E-state index contributed by atoms with van der Waals surface area (Å²) in [5.41, 5.74) is 3.37. The van der Waals surface area contributed by atoms with Gasteiger partial charge in [0, 0.05) is 48.9 Å². The molecule has 3 aromatic rings. The molecule has 2 aromatic heterocycles. The van der Waals surface area contributed by atoms with Crippen molar-refractivity contribution in [2.75, 3.05) is 13.2 Å². The standard InChI is InChI=1S/C21H24N4O3/c1-4-27-19-7-6-16(9-20(19)28-5-2)21(26)23-11-15-8-17(12-22-10-15)18-13-24-25(3)14-18/h6-10,12-14H,4-5,11H2,1-3H3,(H,23,26). The Labute approximate surface area is 164 Å². The summed E-state index contributed by atoms with van der Waals surface area (Å²) in [6, 6.07) is 7.18. The van der Waals surface area contributed by atoms with Crippen LogP contribution in [0.4, 0.5) is 0 Å². The Kier molecular flexibility index (Phi) is 6.26. The number of aryl methyl sites for hydroxylation is 1. The number of amides is 1. The highest BCUT2D eigenvalue weighted by Gasteiger charge is 2.12. The van der Waals surface area contributed by atoms with E-state index in [1.165, 1.54) is 0 Å². The molecule has 2 heterocycles. The molecule has 146 valence electrons. The Balaban J connectivity index is 1.69. The number of hydrogen-bond donors (Lipinski definition) is 1. The van der Waals surface area contributed by atoms with Gasteiger partial charge in [-0.15, -0.1) is 0 Å². The van der Waals surface area contributed by atoms with E-state index in [0.717, 1.165) is 16.7 Å². The van der Waals surface area contributed by atoms with E-state index >= 15 is 0 Å². The Bertz CT molecular complexity index is 952.